The van der Waals surface area contributed by atoms with E-state index in [9.17, 15) is 19.5 Å². The van der Waals surface area contributed by atoms with Crippen LogP contribution in [0, 0.1) is 5.92 Å². The van der Waals surface area contributed by atoms with Gasteiger partial charge in [-0.1, -0.05) is 79.6 Å². The molecule has 1 unspecified atom stereocenters. The highest BCUT2D eigenvalue weighted by atomic mass is 35.5. The zero-order valence-electron chi connectivity index (χ0n) is 24.5. The van der Waals surface area contributed by atoms with E-state index in [4.69, 9.17) is 27.9 Å². The number of aliphatic hydroxyl groups excluding tert-OH is 1. The highest BCUT2D eigenvalue weighted by Gasteiger charge is 2.33. The first kappa shape index (κ1) is 33.7. The second kappa shape index (κ2) is 16.7. The number of likely N-dealkylation sites (N-methyl/N-ethyl adjacent to an activating group) is 1. The molecular formula is C32H43Cl2N3O5. The molecule has 0 aliphatic heterocycles. The van der Waals surface area contributed by atoms with Crippen LogP contribution in [-0.4, -0.2) is 59.7 Å². The maximum absolute atomic E-state index is 13.5. The summed E-state index contributed by atoms with van der Waals surface area (Å²) in [6.07, 6.45) is 6.19. The maximum Gasteiger partial charge on any atom is 0.408 e. The molecule has 0 aromatic heterocycles. The zero-order valence-corrected chi connectivity index (χ0v) is 26.1. The molecule has 2 atom stereocenters. The average molecular weight is 621 g/mol. The van der Waals surface area contributed by atoms with Crippen LogP contribution in [0.5, 0.6) is 0 Å². The standard InChI is InChI=1S/C32H43Cl2N3O5/c1-32(22-38,16-14-29(39)37(2)17-15-24-10-6-12-26(33)18-24)36-30(40)28(20-23-8-4-3-5-9-23)35-31(41)42-21-25-11-7-13-27(34)19-25/h6-7,10-13,18-19,23,28,38H,3-5,8-9,14-17,20-22H2,1-2H3,(H,35,41)(H,36,40)/t28-,32?/m0/s1. The van der Waals surface area contributed by atoms with E-state index in [1.165, 1.54) is 6.42 Å². The van der Waals surface area contributed by atoms with E-state index in [1.807, 2.05) is 24.3 Å². The lowest BCUT2D eigenvalue weighted by atomic mass is 9.84. The van der Waals surface area contributed by atoms with Gasteiger partial charge in [0.25, 0.3) is 0 Å². The van der Waals surface area contributed by atoms with E-state index in [0.29, 0.717) is 35.3 Å². The summed E-state index contributed by atoms with van der Waals surface area (Å²) < 4.78 is 5.38. The molecule has 3 amide bonds. The summed E-state index contributed by atoms with van der Waals surface area (Å²) >= 11 is 12.1. The van der Waals surface area contributed by atoms with E-state index in [2.05, 4.69) is 10.6 Å². The Kier molecular flexibility index (Phi) is 13.4. The fourth-order valence-electron chi connectivity index (χ4n) is 5.20. The number of hydrogen-bond donors (Lipinski definition) is 3. The summed E-state index contributed by atoms with van der Waals surface area (Å²) in [7, 11) is 1.74. The normalized spacial score (nSPS) is 15.7. The molecule has 2 aromatic rings. The maximum atomic E-state index is 13.5. The summed E-state index contributed by atoms with van der Waals surface area (Å²) in [6.45, 7) is 1.89. The van der Waals surface area contributed by atoms with Crippen molar-refractivity contribution >= 4 is 41.1 Å². The molecule has 1 fully saturated rings. The number of ether oxygens (including phenoxy) is 1. The molecular weight excluding hydrogens is 577 g/mol. The molecule has 42 heavy (non-hydrogen) atoms. The molecule has 8 nitrogen and oxygen atoms in total. The zero-order chi connectivity index (χ0) is 30.5. The second-order valence-corrected chi connectivity index (χ2v) is 12.4. The Bertz CT molecular complexity index is 1190. The third-order valence-electron chi connectivity index (χ3n) is 7.88. The lowest BCUT2D eigenvalue weighted by molar-refractivity contribution is -0.131. The predicted octanol–water partition coefficient (Wildman–Crippen LogP) is 5.91. The minimum absolute atomic E-state index is 0.0193. The van der Waals surface area contributed by atoms with Crippen molar-refractivity contribution in [2.75, 3.05) is 20.2 Å². The van der Waals surface area contributed by atoms with Crippen LogP contribution in [0.25, 0.3) is 0 Å². The minimum atomic E-state index is -1.04. The number of hydrogen-bond acceptors (Lipinski definition) is 5. The number of aliphatic hydroxyl groups is 1. The molecule has 230 valence electrons. The number of halogens is 2. The van der Waals surface area contributed by atoms with Gasteiger partial charge in [-0.05, 0) is 67.5 Å². The third kappa shape index (κ3) is 11.5. The number of nitrogens with one attached hydrogen (secondary N) is 2. The van der Waals surface area contributed by atoms with E-state index in [0.717, 1.165) is 36.8 Å². The number of carbonyl (C=O) groups excluding carboxylic acids is 3. The summed E-state index contributed by atoms with van der Waals surface area (Å²) in [5.74, 6) is -0.191. The molecule has 0 heterocycles. The van der Waals surface area contributed by atoms with Crippen LogP contribution < -0.4 is 10.6 Å². The molecule has 0 bridgehead atoms. The summed E-state index contributed by atoms with van der Waals surface area (Å²) in [6, 6.07) is 13.7. The monoisotopic (exact) mass is 619 g/mol. The number of amides is 3. The SMILES string of the molecule is CN(CCc1cccc(Cl)c1)C(=O)CCC(C)(CO)NC(=O)[C@H](CC1CCCCC1)NC(=O)OCc1cccc(Cl)c1. The quantitative estimate of drug-likeness (QED) is 0.244. The van der Waals surface area contributed by atoms with Crippen molar-refractivity contribution in [3.05, 3.63) is 69.7 Å². The van der Waals surface area contributed by atoms with Crippen molar-refractivity contribution in [1.29, 1.82) is 0 Å². The average Bonchev–Trinajstić information content (AvgIpc) is 2.98. The van der Waals surface area contributed by atoms with Gasteiger partial charge in [0, 0.05) is 30.1 Å². The van der Waals surface area contributed by atoms with Gasteiger partial charge in [0.05, 0.1) is 12.1 Å². The number of alkyl carbamates (subject to hydrolysis) is 1. The Morgan fingerprint density at radius 2 is 1.69 bits per heavy atom. The van der Waals surface area contributed by atoms with Crippen LogP contribution in [-0.2, 0) is 27.4 Å². The Morgan fingerprint density at radius 1 is 1.05 bits per heavy atom. The Hall–Kier alpha value is -2.81. The Balaban J connectivity index is 1.56. The van der Waals surface area contributed by atoms with Gasteiger partial charge in [0.2, 0.25) is 11.8 Å². The van der Waals surface area contributed by atoms with Crippen LogP contribution >= 0.6 is 23.2 Å². The van der Waals surface area contributed by atoms with Gasteiger partial charge >= 0.3 is 6.09 Å². The topological polar surface area (TPSA) is 108 Å². The molecule has 0 radical (unpaired) electrons. The molecule has 1 aliphatic rings. The fourth-order valence-corrected chi connectivity index (χ4v) is 5.63. The molecule has 1 aliphatic carbocycles. The first-order chi connectivity index (χ1) is 20.1. The van der Waals surface area contributed by atoms with Crippen LogP contribution in [0.15, 0.2) is 48.5 Å². The number of benzene rings is 2. The highest BCUT2D eigenvalue weighted by molar-refractivity contribution is 6.30. The highest BCUT2D eigenvalue weighted by Crippen LogP contribution is 2.28. The van der Waals surface area contributed by atoms with Gasteiger partial charge in [-0.25, -0.2) is 4.79 Å². The summed E-state index contributed by atoms with van der Waals surface area (Å²) in [5, 5.41) is 17.1. The molecule has 3 rings (SSSR count). The van der Waals surface area contributed by atoms with E-state index < -0.39 is 23.6 Å². The number of carbonyl (C=O) groups is 3. The fraction of sp³-hybridized carbons (Fsp3) is 0.531. The van der Waals surface area contributed by atoms with E-state index >= 15 is 0 Å². The smallest absolute Gasteiger partial charge is 0.408 e. The molecule has 0 spiro atoms. The van der Waals surface area contributed by atoms with E-state index in [1.54, 1.807) is 43.1 Å². The van der Waals surface area contributed by atoms with Crippen LogP contribution in [0.4, 0.5) is 4.79 Å². The van der Waals surface area contributed by atoms with Crippen LogP contribution in [0.1, 0.15) is 69.4 Å². The van der Waals surface area contributed by atoms with Crippen molar-refractivity contribution < 1.29 is 24.2 Å². The lowest BCUT2D eigenvalue weighted by Gasteiger charge is -2.33. The van der Waals surface area contributed by atoms with Crippen molar-refractivity contribution in [1.82, 2.24) is 15.5 Å². The van der Waals surface area contributed by atoms with Crippen molar-refractivity contribution in [2.45, 2.75) is 82.9 Å². The van der Waals surface area contributed by atoms with Crippen molar-refractivity contribution in [3.8, 4) is 0 Å². The molecule has 0 saturated heterocycles. The lowest BCUT2D eigenvalue weighted by Crippen LogP contribution is -2.56. The number of rotatable bonds is 14. The molecule has 3 N–H and O–H groups in total. The molecule has 10 heteroatoms. The van der Waals surface area contributed by atoms with Gasteiger partial charge in [-0.2, -0.15) is 0 Å². The van der Waals surface area contributed by atoms with Crippen molar-refractivity contribution in [3.63, 3.8) is 0 Å². The number of nitrogens with zero attached hydrogens (tertiary/aromatic N) is 1. The van der Waals surface area contributed by atoms with Crippen LogP contribution in [0.2, 0.25) is 10.0 Å². The first-order valence-corrected chi connectivity index (χ1v) is 15.4. The first-order valence-electron chi connectivity index (χ1n) is 14.7. The summed E-state index contributed by atoms with van der Waals surface area (Å²) in [5.41, 5.74) is 0.732. The Morgan fingerprint density at radius 3 is 2.33 bits per heavy atom. The van der Waals surface area contributed by atoms with Gasteiger partial charge in [-0.15, -0.1) is 0 Å². The minimum Gasteiger partial charge on any atom is -0.445 e. The second-order valence-electron chi connectivity index (χ2n) is 11.5. The van der Waals surface area contributed by atoms with E-state index in [-0.39, 0.29) is 32.0 Å². The van der Waals surface area contributed by atoms with Gasteiger partial charge in [0.15, 0.2) is 0 Å². The third-order valence-corrected chi connectivity index (χ3v) is 8.35. The molecule has 1 saturated carbocycles. The molecule has 2 aromatic carbocycles. The van der Waals surface area contributed by atoms with Crippen LogP contribution in [0.3, 0.4) is 0 Å². The summed E-state index contributed by atoms with van der Waals surface area (Å²) in [4.78, 5) is 40.7. The largest absolute Gasteiger partial charge is 0.445 e. The van der Waals surface area contributed by atoms with Gasteiger partial charge in [-0.3, -0.25) is 9.59 Å². The van der Waals surface area contributed by atoms with Gasteiger partial charge in [0.1, 0.15) is 12.6 Å². The van der Waals surface area contributed by atoms with Crippen molar-refractivity contribution in [2.24, 2.45) is 5.92 Å². The Labute approximate surface area is 259 Å². The van der Waals surface area contributed by atoms with Gasteiger partial charge < -0.3 is 25.4 Å². The predicted molar refractivity (Wildman–Crippen MR) is 165 cm³/mol.